The molecule has 4 heterocycles. The second-order valence-electron chi connectivity index (χ2n) is 11.0. The number of benzene rings is 1. The van der Waals surface area contributed by atoms with E-state index in [0.29, 0.717) is 13.1 Å². The maximum absolute atomic E-state index is 13.6. The van der Waals surface area contributed by atoms with Crippen LogP contribution in [0.3, 0.4) is 0 Å². The number of carbonyl (C=O) groups excluding carboxylic acids is 3. The van der Waals surface area contributed by atoms with Crippen LogP contribution >= 0.6 is 11.8 Å². The number of aryl methyl sites for hydroxylation is 1. The van der Waals surface area contributed by atoms with Gasteiger partial charge in [-0.2, -0.15) is 0 Å². The molecule has 40 heavy (non-hydrogen) atoms. The quantitative estimate of drug-likeness (QED) is 0.493. The number of rotatable bonds is 6. The van der Waals surface area contributed by atoms with Gasteiger partial charge in [0.1, 0.15) is 16.0 Å². The summed E-state index contributed by atoms with van der Waals surface area (Å²) in [5.41, 5.74) is 3.31. The molecule has 4 amide bonds. The summed E-state index contributed by atoms with van der Waals surface area (Å²) in [7, 11) is 0. The Kier molecular flexibility index (Phi) is 7.44. The smallest absolute Gasteiger partial charge is 0.327 e. The zero-order valence-electron chi connectivity index (χ0n) is 22.7. The van der Waals surface area contributed by atoms with Gasteiger partial charge in [-0.15, -0.1) is 0 Å². The Balaban J connectivity index is 1.21. The fourth-order valence-corrected chi connectivity index (χ4v) is 7.54. The van der Waals surface area contributed by atoms with E-state index in [2.05, 4.69) is 22.2 Å². The van der Waals surface area contributed by atoms with E-state index in [1.54, 1.807) is 16.0 Å². The average Bonchev–Trinajstić information content (AvgIpc) is 3.33. The van der Waals surface area contributed by atoms with Crippen molar-refractivity contribution in [3.63, 3.8) is 0 Å². The minimum absolute atomic E-state index is 0.126. The van der Waals surface area contributed by atoms with Gasteiger partial charge >= 0.3 is 6.03 Å². The molecule has 1 aliphatic carbocycles. The van der Waals surface area contributed by atoms with Crippen LogP contribution in [0.5, 0.6) is 5.75 Å². The first-order chi connectivity index (χ1) is 19.4. The number of urea groups is 1. The van der Waals surface area contributed by atoms with Gasteiger partial charge in [0.2, 0.25) is 11.8 Å². The SMILES string of the molecule is C=CC(=O)N1CCCC(NC(=O)[C@@H]2Sc3nccc4c3C2NC(=O)N4c2ccc(OC3CCCCC3)cc2C)C1. The second kappa shape index (κ2) is 11.2. The van der Waals surface area contributed by atoms with Gasteiger partial charge in [-0.25, -0.2) is 9.78 Å². The number of carbonyl (C=O) groups is 3. The van der Waals surface area contributed by atoms with E-state index in [-0.39, 0.29) is 30.0 Å². The summed E-state index contributed by atoms with van der Waals surface area (Å²) in [6.45, 7) is 6.67. The van der Waals surface area contributed by atoms with Crippen molar-refractivity contribution < 1.29 is 19.1 Å². The molecule has 1 saturated carbocycles. The van der Waals surface area contributed by atoms with Gasteiger partial charge in [-0.3, -0.25) is 14.5 Å². The predicted molar refractivity (Wildman–Crippen MR) is 154 cm³/mol. The Hall–Kier alpha value is -3.53. The number of hydrogen-bond acceptors (Lipinski definition) is 6. The molecule has 1 aromatic carbocycles. The minimum Gasteiger partial charge on any atom is -0.490 e. The Morgan fingerprint density at radius 1 is 1.15 bits per heavy atom. The zero-order valence-corrected chi connectivity index (χ0v) is 23.5. The maximum Gasteiger partial charge on any atom is 0.327 e. The summed E-state index contributed by atoms with van der Waals surface area (Å²) >= 11 is 1.38. The van der Waals surface area contributed by atoms with E-state index >= 15 is 0 Å². The van der Waals surface area contributed by atoms with Crippen LogP contribution in [-0.4, -0.2) is 58.2 Å². The molecule has 4 aliphatic rings. The van der Waals surface area contributed by atoms with Gasteiger partial charge in [0.25, 0.3) is 0 Å². The first-order valence-electron chi connectivity index (χ1n) is 14.2. The van der Waals surface area contributed by atoms with Crippen molar-refractivity contribution in [2.75, 3.05) is 18.0 Å². The summed E-state index contributed by atoms with van der Waals surface area (Å²) in [5.74, 6) is 0.539. The van der Waals surface area contributed by atoms with Crippen LogP contribution in [0, 0.1) is 6.92 Å². The summed E-state index contributed by atoms with van der Waals surface area (Å²) < 4.78 is 6.25. The molecule has 1 aromatic heterocycles. The van der Waals surface area contributed by atoms with Crippen molar-refractivity contribution in [2.45, 2.75) is 80.3 Å². The van der Waals surface area contributed by atoms with Crippen LogP contribution in [0.1, 0.15) is 62.1 Å². The Morgan fingerprint density at radius 2 is 1.98 bits per heavy atom. The number of amides is 4. The molecule has 6 rings (SSSR count). The van der Waals surface area contributed by atoms with Crippen molar-refractivity contribution >= 4 is 41.0 Å². The minimum atomic E-state index is -0.549. The molecule has 210 valence electrons. The Bertz CT molecular complexity index is 1340. The molecule has 0 radical (unpaired) electrons. The van der Waals surface area contributed by atoms with E-state index in [9.17, 15) is 14.4 Å². The van der Waals surface area contributed by atoms with Crippen LogP contribution in [0.2, 0.25) is 0 Å². The number of piperidine rings is 1. The van der Waals surface area contributed by atoms with Crippen molar-refractivity contribution in [3.8, 4) is 5.75 Å². The first kappa shape index (κ1) is 26.7. The van der Waals surface area contributed by atoms with E-state index in [0.717, 1.165) is 59.0 Å². The molecule has 2 N–H and O–H groups in total. The molecule has 3 aliphatic heterocycles. The number of hydrogen-bond donors (Lipinski definition) is 2. The summed E-state index contributed by atoms with van der Waals surface area (Å²) in [5, 5.41) is 6.41. The number of likely N-dealkylation sites (tertiary alicyclic amines) is 1. The van der Waals surface area contributed by atoms with Gasteiger partial charge in [0.15, 0.2) is 0 Å². The number of pyridine rings is 1. The highest BCUT2D eigenvalue weighted by Gasteiger charge is 2.47. The maximum atomic E-state index is 13.6. The number of ether oxygens (including phenoxy) is 1. The van der Waals surface area contributed by atoms with Crippen LogP contribution in [0.25, 0.3) is 0 Å². The molecule has 2 aromatic rings. The molecule has 0 bridgehead atoms. The predicted octanol–water partition coefficient (Wildman–Crippen LogP) is 4.77. The summed E-state index contributed by atoms with van der Waals surface area (Å²) in [6.07, 6.45) is 10.7. The molecule has 2 unspecified atom stereocenters. The lowest BCUT2D eigenvalue weighted by Crippen LogP contribution is -2.53. The standard InChI is InChI=1S/C30H35N5O4S/c1-3-24(36)34-15-7-8-19(17-34)32-28(37)27-26-25-23(13-14-31-29(25)40-27)35(30(38)33-26)22-12-11-21(16-18(22)2)39-20-9-5-4-6-10-20/h3,11-14,16,19-20,26-27H,1,4-10,15,17H2,2H3,(H,32,37)(H,33,38)/t19?,26?,27-/m1/s1. The fraction of sp³-hybridized carbons (Fsp3) is 0.467. The highest BCUT2D eigenvalue weighted by Crippen LogP contribution is 2.51. The molecule has 0 spiro atoms. The largest absolute Gasteiger partial charge is 0.490 e. The van der Waals surface area contributed by atoms with Crippen LogP contribution in [0.15, 0.2) is 48.1 Å². The van der Waals surface area contributed by atoms with E-state index < -0.39 is 11.3 Å². The number of nitrogens with zero attached hydrogens (tertiary/aromatic N) is 3. The third kappa shape index (κ3) is 5.05. The Morgan fingerprint density at radius 3 is 2.75 bits per heavy atom. The first-order valence-corrected chi connectivity index (χ1v) is 15.1. The molecule has 1 saturated heterocycles. The normalized spacial score (nSPS) is 24.2. The number of nitrogens with one attached hydrogen (secondary N) is 2. The van der Waals surface area contributed by atoms with Gasteiger partial charge in [0.05, 0.1) is 23.5 Å². The van der Waals surface area contributed by atoms with Crippen molar-refractivity contribution in [1.82, 2.24) is 20.5 Å². The van der Waals surface area contributed by atoms with Gasteiger partial charge < -0.3 is 20.3 Å². The highest BCUT2D eigenvalue weighted by atomic mass is 32.2. The van der Waals surface area contributed by atoms with Crippen LogP contribution in [-0.2, 0) is 9.59 Å². The van der Waals surface area contributed by atoms with Gasteiger partial charge in [0, 0.05) is 30.9 Å². The molecule has 3 atom stereocenters. The van der Waals surface area contributed by atoms with Crippen molar-refractivity contribution in [1.29, 1.82) is 0 Å². The van der Waals surface area contributed by atoms with Crippen molar-refractivity contribution in [3.05, 3.63) is 54.2 Å². The molecular weight excluding hydrogens is 526 g/mol. The lowest BCUT2D eigenvalue weighted by Gasteiger charge is -2.36. The summed E-state index contributed by atoms with van der Waals surface area (Å²) in [4.78, 5) is 47.1. The molecule has 10 heteroatoms. The van der Waals surface area contributed by atoms with Gasteiger partial charge in [-0.05, 0) is 81.4 Å². The molecule has 2 fully saturated rings. The topological polar surface area (TPSA) is 104 Å². The zero-order chi connectivity index (χ0) is 27.8. The third-order valence-corrected chi connectivity index (χ3v) is 9.57. The monoisotopic (exact) mass is 561 g/mol. The van der Waals surface area contributed by atoms with Crippen LogP contribution in [0.4, 0.5) is 16.2 Å². The fourth-order valence-electron chi connectivity index (χ4n) is 6.30. The van der Waals surface area contributed by atoms with Crippen LogP contribution < -0.4 is 20.3 Å². The number of thioether (sulfide) groups is 1. The lowest BCUT2D eigenvalue weighted by molar-refractivity contribution is -0.129. The van der Waals surface area contributed by atoms with E-state index in [1.807, 2.05) is 31.2 Å². The molecule has 9 nitrogen and oxygen atoms in total. The molecular formula is C30H35N5O4S. The lowest BCUT2D eigenvalue weighted by atomic mass is 9.97. The number of aromatic nitrogens is 1. The average molecular weight is 562 g/mol. The number of anilines is 2. The van der Waals surface area contributed by atoms with E-state index in [4.69, 9.17) is 4.74 Å². The third-order valence-electron chi connectivity index (χ3n) is 8.28. The Labute approximate surface area is 238 Å². The highest BCUT2D eigenvalue weighted by molar-refractivity contribution is 8.01. The summed E-state index contributed by atoms with van der Waals surface area (Å²) in [6, 6.07) is 6.81. The van der Waals surface area contributed by atoms with Gasteiger partial charge in [-0.1, -0.05) is 24.8 Å². The van der Waals surface area contributed by atoms with Crippen molar-refractivity contribution in [2.24, 2.45) is 0 Å². The second-order valence-corrected chi connectivity index (χ2v) is 12.1. The van der Waals surface area contributed by atoms with E-state index in [1.165, 1.54) is 37.1 Å².